The van der Waals surface area contributed by atoms with E-state index in [4.69, 9.17) is 27.9 Å². The average molecular weight is 493 g/mol. The van der Waals surface area contributed by atoms with E-state index in [0.717, 1.165) is 11.1 Å². The molecule has 0 aromatic heterocycles. The SMILES string of the molecule is COc1ccc(Cl)cc1S(=O)(=O)N[C@@H](Cc1ccccc1)C(=O)Nc1ccc(C)c(Cl)c1. The number of anilines is 1. The molecule has 9 heteroatoms. The number of methoxy groups -OCH3 is 1. The van der Waals surface area contributed by atoms with E-state index in [1.807, 2.05) is 37.3 Å². The summed E-state index contributed by atoms with van der Waals surface area (Å²) < 4.78 is 34.0. The first kappa shape index (κ1) is 24.1. The van der Waals surface area contributed by atoms with Crippen molar-refractivity contribution in [3.05, 3.63) is 87.9 Å². The molecule has 0 unspecified atom stereocenters. The van der Waals surface area contributed by atoms with Gasteiger partial charge in [-0.3, -0.25) is 4.79 Å². The first-order chi connectivity index (χ1) is 15.2. The van der Waals surface area contributed by atoms with Gasteiger partial charge in [0.2, 0.25) is 15.9 Å². The standard InChI is InChI=1S/C23H22Cl2N2O4S/c1-15-8-10-18(14-19(15)25)26-23(28)20(12-16-6-4-3-5-7-16)27-32(29,30)22-13-17(24)9-11-21(22)31-2/h3-11,13-14,20,27H,12H2,1-2H3,(H,26,28)/t20-/m0/s1. The van der Waals surface area contributed by atoms with Crippen LogP contribution in [0.1, 0.15) is 11.1 Å². The van der Waals surface area contributed by atoms with Gasteiger partial charge in [0, 0.05) is 15.7 Å². The van der Waals surface area contributed by atoms with Crippen LogP contribution in [0.2, 0.25) is 10.0 Å². The zero-order valence-electron chi connectivity index (χ0n) is 17.4. The molecule has 0 radical (unpaired) electrons. The fraction of sp³-hybridized carbons (Fsp3) is 0.174. The molecular weight excluding hydrogens is 471 g/mol. The summed E-state index contributed by atoms with van der Waals surface area (Å²) in [6.45, 7) is 1.85. The Labute approximate surface area is 197 Å². The highest BCUT2D eigenvalue weighted by molar-refractivity contribution is 7.89. The molecule has 168 valence electrons. The largest absolute Gasteiger partial charge is 0.495 e. The van der Waals surface area contributed by atoms with Crippen LogP contribution in [0.25, 0.3) is 0 Å². The van der Waals surface area contributed by atoms with E-state index in [1.54, 1.807) is 18.2 Å². The zero-order chi connectivity index (χ0) is 23.3. The molecular formula is C23H22Cl2N2O4S. The first-order valence-electron chi connectivity index (χ1n) is 9.66. The van der Waals surface area contributed by atoms with Crippen LogP contribution >= 0.6 is 23.2 Å². The maximum atomic E-state index is 13.2. The number of amides is 1. The smallest absolute Gasteiger partial charge is 0.245 e. The van der Waals surface area contributed by atoms with Crippen molar-refractivity contribution in [2.75, 3.05) is 12.4 Å². The van der Waals surface area contributed by atoms with Crippen LogP contribution in [0.15, 0.2) is 71.6 Å². The Kier molecular flexibility index (Phi) is 7.79. The Morgan fingerprint density at radius 1 is 1.03 bits per heavy atom. The minimum atomic E-state index is -4.14. The molecule has 3 aromatic rings. The van der Waals surface area contributed by atoms with Crippen molar-refractivity contribution in [1.82, 2.24) is 4.72 Å². The number of benzene rings is 3. The van der Waals surface area contributed by atoms with Crippen LogP contribution in [0, 0.1) is 6.92 Å². The lowest BCUT2D eigenvalue weighted by Crippen LogP contribution is -2.45. The van der Waals surface area contributed by atoms with E-state index in [0.29, 0.717) is 10.7 Å². The Hall–Kier alpha value is -2.58. The zero-order valence-corrected chi connectivity index (χ0v) is 19.8. The van der Waals surface area contributed by atoms with Gasteiger partial charge in [-0.2, -0.15) is 4.72 Å². The van der Waals surface area contributed by atoms with Crippen molar-refractivity contribution in [3.8, 4) is 5.75 Å². The summed E-state index contributed by atoms with van der Waals surface area (Å²) in [7, 11) is -2.78. The summed E-state index contributed by atoms with van der Waals surface area (Å²) in [5, 5.41) is 3.46. The topological polar surface area (TPSA) is 84.5 Å². The van der Waals surface area contributed by atoms with E-state index in [-0.39, 0.29) is 22.1 Å². The Morgan fingerprint density at radius 2 is 1.75 bits per heavy atom. The number of ether oxygens (including phenoxy) is 1. The van der Waals surface area contributed by atoms with E-state index < -0.39 is 22.0 Å². The van der Waals surface area contributed by atoms with E-state index in [1.165, 1.54) is 25.3 Å². The first-order valence-corrected chi connectivity index (χ1v) is 11.9. The van der Waals surface area contributed by atoms with Gasteiger partial charge in [0.05, 0.1) is 7.11 Å². The van der Waals surface area contributed by atoms with Gasteiger partial charge in [-0.25, -0.2) is 8.42 Å². The molecule has 3 aromatic carbocycles. The van der Waals surface area contributed by atoms with Crippen molar-refractivity contribution in [3.63, 3.8) is 0 Å². The fourth-order valence-corrected chi connectivity index (χ4v) is 4.86. The third-order valence-electron chi connectivity index (χ3n) is 4.75. The van der Waals surface area contributed by atoms with E-state index in [2.05, 4.69) is 10.0 Å². The molecule has 2 N–H and O–H groups in total. The molecule has 6 nitrogen and oxygen atoms in total. The molecule has 0 aliphatic rings. The summed E-state index contributed by atoms with van der Waals surface area (Å²) in [6.07, 6.45) is 0.133. The number of aryl methyl sites for hydroxylation is 1. The van der Waals surface area contributed by atoms with Crippen molar-refractivity contribution in [2.45, 2.75) is 24.3 Å². The van der Waals surface area contributed by atoms with Crippen LogP contribution < -0.4 is 14.8 Å². The molecule has 0 saturated carbocycles. The highest BCUT2D eigenvalue weighted by atomic mass is 35.5. The van der Waals surface area contributed by atoms with Crippen LogP contribution in [-0.2, 0) is 21.2 Å². The molecule has 0 bridgehead atoms. The molecule has 0 aliphatic heterocycles. The highest BCUT2D eigenvalue weighted by Crippen LogP contribution is 2.27. The fourth-order valence-electron chi connectivity index (χ4n) is 3.05. The number of hydrogen-bond acceptors (Lipinski definition) is 4. The second kappa shape index (κ2) is 10.4. The van der Waals surface area contributed by atoms with Crippen molar-refractivity contribution in [1.29, 1.82) is 0 Å². The number of nitrogens with one attached hydrogen (secondary N) is 2. The van der Waals surface area contributed by atoms with Gasteiger partial charge in [0.15, 0.2) is 0 Å². The van der Waals surface area contributed by atoms with Gasteiger partial charge in [0.25, 0.3) is 0 Å². The summed E-state index contributed by atoms with van der Waals surface area (Å²) >= 11 is 12.2. The normalized spacial score (nSPS) is 12.2. The van der Waals surface area contributed by atoms with Gasteiger partial charge in [0.1, 0.15) is 16.7 Å². The van der Waals surface area contributed by atoms with Crippen LogP contribution in [-0.4, -0.2) is 27.5 Å². The molecule has 1 amide bonds. The summed E-state index contributed by atoms with van der Waals surface area (Å²) in [5.74, 6) is -0.413. The second-order valence-electron chi connectivity index (χ2n) is 7.11. The quantitative estimate of drug-likeness (QED) is 0.471. The Morgan fingerprint density at radius 3 is 2.41 bits per heavy atom. The number of halogens is 2. The Balaban J connectivity index is 1.92. The highest BCUT2D eigenvalue weighted by Gasteiger charge is 2.28. The molecule has 1 atom stereocenters. The predicted molar refractivity (Wildman–Crippen MR) is 127 cm³/mol. The molecule has 0 heterocycles. The number of carbonyl (C=O) groups is 1. The number of hydrogen-bond donors (Lipinski definition) is 2. The van der Waals surface area contributed by atoms with E-state index in [9.17, 15) is 13.2 Å². The lowest BCUT2D eigenvalue weighted by Gasteiger charge is -2.20. The van der Waals surface area contributed by atoms with Crippen LogP contribution in [0.5, 0.6) is 5.75 Å². The molecule has 0 spiro atoms. The molecule has 3 rings (SSSR count). The lowest BCUT2D eigenvalue weighted by molar-refractivity contribution is -0.117. The summed E-state index contributed by atoms with van der Waals surface area (Å²) in [4.78, 5) is 12.9. The van der Waals surface area contributed by atoms with Gasteiger partial charge in [-0.15, -0.1) is 0 Å². The predicted octanol–water partition coefficient (Wildman–Crippen LogP) is 4.84. The minimum Gasteiger partial charge on any atom is -0.495 e. The van der Waals surface area contributed by atoms with Gasteiger partial charge >= 0.3 is 0 Å². The number of carbonyl (C=O) groups excluding carboxylic acids is 1. The minimum absolute atomic E-state index is 0.117. The molecule has 0 fully saturated rings. The number of rotatable bonds is 8. The number of sulfonamides is 1. The van der Waals surface area contributed by atoms with E-state index >= 15 is 0 Å². The molecule has 32 heavy (non-hydrogen) atoms. The summed E-state index contributed by atoms with van der Waals surface area (Å²) in [6, 6.07) is 17.3. The maximum Gasteiger partial charge on any atom is 0.245 e. The molecule has 0 saturated heterocycles. The summed E-state index contributed by atoms with van der Waals surface area (Å²) in [5.41, 5.74) is 2.11. The van der Waals surface area contributed by atoms with Crippen molar-refractivity contribution in [2.24, 2.45) is 0 Å². The monoisotopic (exact) mass is 492 g/mol. The van der Waals surface area contributed by atoms with Gasteiger partial charge in [-0.1, -0.05) is 59.6 Å². The maximum absolute atomic E-state index is 13.2. The lowest BCUT2D eigenvalue weighted by atomic mass is 10.1. The Bertz CT molecular complexity index is 1220. The van der Waals surface area contributed by atoms with Gasteiger partial charge in [-0.05, 0) is 54.8 Å². The van der Waals surface area contributed by atoms with Crippen LogP contribution in [0.3, 0.4) is 0 Å². The van der Waals surface area contributed by atoms with Crippen LogP contribution in [0.4, 0.5) is 5.69 Å². The average Bonchev–Trinajstić information content (AvgIpc) is 2.76. The van der Waals surface area contributed by atoms with Crippen molar-refractivity contribution < 1.29 is 17.9 Å². The van der Waals surface area contributed by atoms with Gasteiger partial charge < -0.3 is 10.1 Å². The third-order valence-corrected chi connectivity index (χ3v) is 6.89. The third kappa shape index (κ3) is 6.01. The van der Waals surface area contributed by atoms with Crippen molar-refractivity contribution >= 4 is 44.8 Å². The second-order valence-corrected chi connectivity index (χ2v) is 9.64. The molecule has 0 aliphatic carbocycles.